The molecule has 1 saturated carbocycles. The Bertz CT molecular complexity index is 381. The number of benzene rings is 1. The van der Waals surface area contributed by atoms with Crippen LogP contribution in [-0.2, 0) is 16.0 Å². The molecule has 1 fully saturated rings. The maximum atomic E-state index is 12.1. The Balaban J connectivity index is 2.14. The van der Waals surface area contributed by atoms with Gasteiger partial charge in [0.25, 0.3) is 0 Å². The molecule has 17 heavy (non-hydrogen) atoms. The fourth-order valence-electron chi connectivity index (χ4n) is 2.42. The third-order valence-corrected chi connectivity index (χ3v) is 3.63. The van der Waals surface area contributed by atoms with Crippen molar-refractivity contribution in [2.75, 3.05) is 6.61 Å². The first kappa shape index (κ1) is 12.2. The van der Waals surface area contributed by atoms with Gasteiger partial charge in [-0.3, -0.25) is 4.79 Å². The topological polar surface area (TPSA) is 26.3 Å². The molecule has 1 aliphatic carbocycles. The summed E-state index contributed by atoms with van der Waals surface area (Å²) >= 11 is 0. The highest BCUT2D eigenvalue weighted by Gasteiger charge is 2.48. The van der Waals surface area contributed by atoms with E-state index in [-0.39, 0.29) is 11.4 Å². The third kappa shape index (κ3) is 2.68. The zero-order valence-electron chi connectivity index (χ0n) is 10.6. The number of rotatable bonds is 5. The molecule has 0 N–H and O–H groups in total. The molecule has 0 aliphatic heterocycles. The lowest BCUT2D eigenvalue weighted by Crippen LogP contribution is -2.34. The highest BCUT2D eigenvalue weighted by atomic mass is 16.5. The van der Waals surface area contributed by atoms with Gasteiger partial charge in [-0.05, 0) is 44.6 Å². The summed E-state index contributed by atoms with van der Waals surface area (Å²) in [5, 5.41) is 0. The molecule has 1 aromatic carbocycles. The van der Waals surface area contributed by atoms with Crippen LogP contribution >= 0.6 is 0 Å². The second-order valence-electron chi connectivity index (χ2n) is 5.07. The lowest BCUT2D eigenvalue weighted by molar-refractivity contribution is -0.155. The average Bonchev–Trinajstić information content (AvgIpc) is 3.14. The number of hydrogen-bond acceptors (Lipinski definition) is 2. The molecule has 2 nitrogen and oxygen atoms in total. The van der Waals surface area contributed by atoms with Crippen LogP contribution in [-0.4, -0.2) is 12.6 Å². The fraction of sp³-hybridized carbons (Fsp3) is 0.533. The van der Waals surface area contributed by atoms with Crippen LogP contribution < -0.4 is 0 Å². The summed E-state index contributed by atoms with van der Waals surface area (Å²) in [6.45, 7) is 4.39. The lowest BCUT2D eigenvalue weighted by atomic mass is 9.79. The van der Waals surface area contributed by atoms with E-state index in [1.54, 1.807) is 0 Å². The first-order valence-electron chi connectivity index (χ1n) is 6.38. The molecule has 92 valence electrons. The Kier molecular flexibility index (Phi) is 3.51. The van der Waals surface area contributed by atoms with E-state index in [4.69, 9.17) is 4.74 Å². The molecule has 0 aromatic heterocycles. The summed E-state index contributed by atoms with van der Waals surface area (Å²) < 4.78 is 5.24. The van der Waals surface area contributed by atoms with Crippen molar-refractivity contribution < 1.29 is 9.53 Å². The molecule has 1 aromatic rings. The Hall–Kier alpha value is -1.31. The molecule has 1 aliphatic rings. The maximum absolute atomic E-state index is 12.1. The summed E-state index contributed by atoms with van der Waals surface area (Å²) in [7, 11) is 0. The molecule has 2 heteroatoms. The molecule has 0 spiro atoms. The highest BCUT2D eigenvalue weighted by Crippen LogP contribution is 2.48. The van der Waals surface area contributed by atoms with E-state index < -0.39 is 0 Å². The molecule has 0 radical (unpaired) electrons. The first-order chi connectivity index (χ1) is 8.16. The van der Waals surface area contributed by atoms with Gasteiger partial charge < -0.3 is 4.74 Å². The first-order valence-corrected chi connectivity index (χ1v) is 6.38. The number of ether oxygens (including phenoxy) is 1. The standard InChI is InChI=1S/C15H20O2/c1-3-17-14(16)15(2,13-9-10-13)11-12-7-5-4-6-8-12/h4-8,13H,3,9-11H2,1-2H3. The molecule has 1 unspecified atom stereocenters. The highest BCUT2D eigenvalue weighted by molar-refractivity contribution is 5.77. The minimum atomic E-state index is -0.336. The van der Waals surface area contributed by atoms with Gasteiger partial charge in [0.15, 0.2) is 0 Å². The molecular weight excluding hydrogens is 212 g/mol. The van der Waals surface area contributed by atoms with Gasteiger partial charge in [0.2, 0.25) is 0 Å². The number of carbonyl (C=O) groups is 1. The number of esters is 1. The summed E-state index contributed by atoms with van der Waals surface area (Å²) in [6.07, 6.45) is 3.10. The maximum Gasteiger partial charge on any atom is 0.312 e. The normalized spacial score (nSPS) is 18.5. The van der Waals surface area contributed by atoms with E-state index in [1.165, 1.54) is 5.56 Å². The van der Waals surface area contributed by atoms with Crippen LogP contribution in [0.1, 0.15) is 32.3 Å². The zero-order valence-corrected chi connectivity index (χ0v) is 10.6. The van der Waals surface area contributed by atoms with E-state index >= 15 is 0 Å². The van der Waals surface area contributed by atoms with Gasteiger partial charge in [-0.2, -0.15) is 0 Å². The molecular formula is C15H20O2. The second-order valence-corrected chi connectivity index (χ2v) is 5.07. The summed E-state index contributed by atoms with van der Waals surface area (Å²) in [5.74, 6) is 0.466. The van der Waals surface area contributed by atoms with E-state index in [0.717, 1.165) is 19.3 Å². The van der Waals surface area contributed by atoms with Crippen molar-refractivity contribution in [1.82, 2.24) is 0 Å². The van der Waals surface area contributed by atoms with Crippen LogP contribution in [0.25, 0.3) is 0 Å². The summed E-state index contributed by atoms with van der Waals surface area (Å²) in [6, 6.07) is 10.2. The van der Waals surface area contributed by atoms with Crippen LogP contribution in [0.3, 0.4) is 0 Å². The van der Waals surface area contributed by atoms with Crippen LogP contribution in [0.15, 0.2) is 30.3 Å². The van der Waals surface area contributed by atoms with Crippen molar-refractivity contribution in [3.63, 3.8) is 0 Å². The predicted octanol–water partition coefficient (Wildman–Crippen LogP) is 3.21. The summed E-state index contributed by atoms with van der Waals surface area (Å²) in [5.41, 5.74) is 0.882. The van der Waals surface area contributed by atoms with E-state index in [2.05, 4.69) is 19.1 Å². The Labute approximate surface area is 103 Å². The van der Waals surface area contributed by atoms with Crippen molar-refractivity contribution in [1.29, 1.82) is 0 Å². The van der Waals surface area contributed by atoms with Crippen molar-refractivity contribution in [2.45, 2.75) is 33.1 Å². The second kappa shape index (κ2) is 4.91. The third-order valence-electron chi connectivity index (χ3n) is 3.63. The van der Waals surface area contributed by atoms with E-state index in [0.29, 0.717) is 12.5 Å². The van der Waals surface area contributed by atoms with Gasteiger partial charge in [0, 0.05) is 0 Å². The fourth-order valence-corrected chi connectivity index (χ4v) is 2.42. The van der Waals surface area contributed by atoms with Crippen LogP contribution in [0.2, 0.25) is 0 Å². The molecule has 1 atom stereocenters. The minimum Gasteiger partial charge on any atom is -0.466 e. The molecule has 0 heterocycles. The SMILES string of the molecule is CCOC(=O)C(C)(Cc1ccccc1)C1CC1. The molecule has 0 bridgehead atoms. The predicted molar refractivity (Wildman–Crippen MR) is 67.6 cm³/mol. The van der Waals surface area contributed by atoms with Gasteiger partial charge in [-0.1, -0.05) is 30.3 Å². The molecule has 2 rings (SSSR count). The van der Waals surface area contributed by atoms with Crippen LogP contribution in [0, 0.1) is 11.3 Å². The van der Waals surface area contributed by atoms with E-state index in [9.17, 15) is 4.79 Å². The van der Waals surface area contributed by atoms with Gasteiger partial charge >= 0.3 is 5.97 Å². The number of carbonyl (C=O) groups excluding carboxylic acids is 1. The quantitative estimate of drug-likeness (QED) is 0.729. The van der Waals surface area contributed by atoms with Gasteiger partial charge in [0.05, 0.1) is 12.0 Å². The molecule has 0 saturated heterocycles. The van der Waals surface area contributed by atoms with E-state index in [1.807, 2.05) is 25.1 Å². The van der Waals surface area contributed by atoms with Crippen LogP contribution in [0.4, 0.5) is 0 Å². The lowest BCUT2D eigenvalue weighted by Gasteiger charge is -2.27. The van der Waals surface area contributed by atoms with Gasteiger partial charge in [-0.25, -0.2) is 0 Å². The Morgan fingerprint density at radius 3 is 2.53 bits per heavy atom. The van der Waals surface area contributed by atoms with Crippen LogP contribution in [0.5, 0.6) is 0 Å². The van der Waals surface area contributed by atoms with Crippen molar-refractivity contribution in [3.05, 3.63) is 35.9 Å². The minimum absolute atomic E-state index is 0.0358. The largest absolute Gasteiger partial charge is 0.466 e. The van der Waals surface area contributed by atoms with Gasteiger partial charge in [-0.15, -0.1) is 0 Å². The smallest absolute Gasteiger partial charge is 0.312 e. The monoisotopic (exact) mass is 232 g/mol. The summed E-state index contributed by atoms with van der Waals surface area (Å²) in [4.78, 5) is 12.1. The van der Waals surface area contributed by atoms with Crippen molar-refractivity contribution in [2.24, 2.45) is 11.3 Å². The Morgan fingerprint density at radius 2 is 2.00 bits per heavy atom. The zero-order chi connectivity index (χ0) is 12.3. The molecule has 0 amide bonds. The average molecular weight is 232 g/mol. The number of hydrogen-bond donors (Lipinski definition) is 0. The van der Waals surface area contributed by atoms with Gasteiger partial charge in [0.1, 0.15) is 0 Å². The Morgan fingerprint density at radius 1 is 1.35 bits per heavy atom. The van der Waals surface area contributed by atoms with Crippen molar-refractivity contribution >= 4 is 5.97 Å². The van der Waals surface area contributed by atoms with Crippen molar-refractivity contribution in [3.8, 4) is 0 Å².